The van der Waals surface area contributed by atoms with Crippen LogP contribution in [-0.4, -0.2) is 56.2 Å². The fraction of sp³-hybridized carbons (Fsp3) is 0.867. The first-order valence-corrected chi connectivity index (χ1v) is 11.7. The van der Waals surface area contributed by atoms with Crippen LogP contribution in [0.25, 0.3) is 0 Å². The molecule has 1 rings (SSSR count). The largest absolute Gasteiger partial charge is 0.361 e. The molecule has 0 aliphatic carbocycles. The molecule has 21 heavy (non-hydrogen) atoms. The van der Waals surface area contributed by atoms with Gasteiger partial charge >= 0.3 is 6.03 Å². The summed E-state index contributed by atoms with van der Waals surface area (Å²) in [6.45, 7) is 10.6. The highest BCUT2D eigenvalue weighted by molar-refractivity contribution is 6.76. The van der Waals surface area contributed by atoms with Gasteiger partial charge < -0.3 is 9.64 Å². The van der Waals surface area contributed by atoms with E-state index in [1.807, 2.05) is 0 Å². The fourth-order valence-electron chi connectivity index (χ4n) is 2.16. The van der Waals surface area contributed by atoms with Crippen molar-refractivity contribution in [2.75, 3.05) is 26.4 Å². The molecule has 5 nitrogen and oxygen atoms in total. The van der Waals surface area contributed by atoms with Crippen LogP contribution in [0.3, 0.4) is 0 Å². The van der Waals surface area contributed by atoms with Crippen molar-refractivity contribution >= 4 is 20.0 Å². The van der Waals surface area contributed by atoms with Gasteiger partial charge in [0.2, 0.25) is 0 Å². The van der Waals surface area contributed by atoms with Gasteiger partial charge in [0, 0.05) is 21.2 Å². The van der Waals surface area contributed by atoms with Gasteiger partial charge in [-0.3, -0.25) is 4.79 Å². The Morgan fingerprint density at radius 2 is 1.86 bits per heavy atom. The van der Waals surface area contributed by atoms with E-state index >= 15 is 0 Å². The fourth-order valence-corrected chi connectivity index (χ4v) is 2.92. The molecule has 0 saturated carbocycles. The lowest BCUT2D eigenvalue weighted by Gasteiger charge is -2.19. The first kappa shape index (κ1) is 18.2. The molecule has 1 aliphatic rings. The average molecular weight is 315 g/mol. The summed E-state index contributed by atoms with van der Waals surface area (Å²) < 4.78 is 5.52. The molecule has 6 heteroatoms. The Morgan fingerprint density at radius 1 is 1.14 bits per heavy atom. The summed E-state index contributed by atoms with van der Waals surface area (Å²) in [6.07, 6.45) is 4.43. The molecular weight excluding hydrogens is 284 g/mol. The third-order valence-electron chi connectivity index (χ3n) is 3.63. The lowest BCUT2D eigenvalue weighted by Crippen LogP contribution is -2.35. The molecular formula is C15H30N2O3Si. The highest BCUT2D eigenvalue weighted by Crippen LogP contribution is 2.13. The van der Waals surface area contributed by atoms with E-state index in [1.165, 1.54) is 17.7 Å². The molecule has 0 aromatic carbocycles. The van der Waals surface area contributed by atoms with Crippen LogP contribution < -0.4 is 0 Å². The molecule has 0 radical (unpaired) electrons. The van der Waals surface area contributed by atoms with Crippen molar-refractivity contribution in [3.8, 4) is 0 Å². The van der Waals surface area contributed by atoms with Crippen molar-refractivity contribution in [2.24, 2.45) is 0 Å². The van der Waals surface area contributed by atoms with Crippen LogP contribution in [0, 0.1) is 0 Å². The lowest BCUT2D eigenvalue weighted by molar-refractivity contribution is -0.128. The number of urea groups is 1. The third-order valence-corrected chi connectivity index (χ3v) is 5.33. The highest BCUT2D eigenvalue weighted by atomic mass is 28.3. The smallest absolute Gasteiger partial charge is 0.329 e. The lowest BCUT2D eigenvalue weighted by atomic mass is 10.2. The summed E-state index contributed by atoms with van der Waals surface area (Å²) in [7, 11) is -1.13. The van der Waals surface area contributed by atoms with Gasteiger partial charge in [-0.25, -0.2) is 9.69 Å². The zero-order chi connectivity index (χ0) is 15.9. The predicted octanol–water partition coefficient (Wildman–Crippen LogP) is 3.14. The molecule has 0 N–H and O–H groups in total. The molecule has 1 fully saturated rings. The Labute approximate surface area is 129 Å². The number of ether oxygens (including phenoxy) is 1. The molecule has 1 saturated heterocycles. The molecule has 3 amide bonds. The molecule has 0 spiro atoms. The maximum absolute atomic E-state index is 12.1. The highest BCUT2D eigenvalue weighted by Gasteiger charge is 2.35. The van der Waals surface area contributed by atoms with Crippen LogP contribution in [0.4, 0.5) is 4.79 Å². The van der Waals surface area contributed by atoms with Gasteiger partial charge in [-0.1, -0.05) is 45.8 Å². The van der Waals surface area contributed by atoms with Crippen molar-refractivity contribution in [3.63, 3.8) is 0 Å². The molecule has 0 unspecified atom stereocenters. The zero-order valence-corrected chi connectivity index (χ0v) is 15.0. The molecule has 1 heterocycles. The number of carbonyl (C=O) groups excluding carboxylic acids is 2. The summed E-state index contributed by atoms with van der Waals surface area (Å²) in [5.41, 5.74) is 0. The quantitative estimate of drug-likeness (QED) is 0.353. The number of hydrogen-bond acceptors (Lipinski definition) is 3. The van der Waals surface area contributed by atoms with E-state index in [0.29, 0.717) is 13.2 Å². The number of hydrogen-bond donors (Lipinski definition) is 0. The van der Waals surface area contributed by atoms with Crippen molar-refractivity contribution in [1.82, 2.24) is 9.80 Å². The first-order chi connectivity index (χ1) is 9.85. The van der Waals surface area contributed by atoms with E-state index in [9.17, 15) is 9.59 Å². The molecule has 0 aromatic rings. The molecule has 1 aliphatic heterocycles. The Hall–Kier alpha value is -0.883. The second-order valence-corrected chi connectivity index (χ2v) is 12.6. The van der Waals surface area contributed by atoms with Gasteiger partial charge in [0.1, 0.15) is 13.3 Å². The van der Waals surface area contributed by atoms with Crippen molar-refractivity contribution in [1.29, 1.82) is 0 Å². The van der Waals surface area contributed by atoms with Gasteiger partial charge in [-0.2, -0.15) is 0 Å². The second-order valence-electron chi connectivity index (χ2n) is 6.93. The molecule has 0 aromatic heterocycles. The normalized spacial score (nSPS) is 16.2. The summed E-state index contributed by atoms with van der Waals surface area (Å²) in [5.74, 6) is -0.136. The first-order valence-electron chi connectivity index (χ1n) is 8.02. The number of rotatable bonds is 10. The Kier molecular flexibility index (Phi) is 7.38. The number of unbranched alkanes of at least 4 members (excludes halogenated alkanes) is 3. The summed E-state index contributed by atoms with van der Waals surface area (Å²) in [4.78, 5) is 26.9. The summed E-state index contributed by atoms with van der Waals surface area (Å²) in [6, 6.07) is 0.855. The van der Waals surface area contributed by atoms with E-state index in [1.54, 1.807) is 4.90 Å². The maximum atomic E-state index is 12.1. The minimum atomic E-state index is -1.13. The van der Waals surface area contributed by atoms with Gasteiger partial charge in [-0.15, -0.1) is 0 Å². The predicted molar refractivity (Wildman–Crippen MR) is 86.9 cm³/mol. The average Bonchev–Trinajstić information content (AvgIpc) is 2.65. The monoisotopic (exact) mass is 314 g/mol. The van der Waals surface area contributed by atoms with E-state index in [4.69, 9.17) is 4.74 Å². The third kappa shape index (κ3) is 6.61. The van der Waals surface area contributed by atoms with E-state index in [0.717, 1.165) is 18.9 Å². The molecule has 0 bridgehead atoms. The van der Waals surface area contributed by atoms with Crippen molar-refractivity contribution in [2.45, 2.75) is 58.3 Å². The van der Waals surface area contributed by atoms with Crippen molar-refractivity contribution in [3.05, 3.63) is 0 Å². The zero-order valence-electron chi connectivity index (χ0n) is 14.0. The summed E-state index contributed by atoms with van der Waals surface area (Å²) >= 11 is 0. The minimum Gasteiger partial charge on any atom is -0.361 e. The van der Waals surface area contributed by atoms with Crippen LogP contribution in [0.15, 0.2) is 0 Å². The van der Waals surface area contributed by atoms with Crippen LogP contribution in [0.1, 0.15) is 32.6 Å². The molecule has 0 atom stereocenters. The van der Waals surface area contributed by atoms with Crippen LogP contribution in [0.5, 0.6) is 0 Å². The number of imide groups is 1. The van der Waals surface area contributed by atoms with Gasteiger partial charge in [0.25, 0.3) is 5.91 Å². The van der Waals surface area contributed by atoms with Gasteiger partial charge in [0.05, 0.1) is 0 Å². The minimum absolute atomic E-state index is 0.105. The SMILES string of the molecule is CCCCCCN1CC(=O)N(COCC[Si](C)(C)C)C1=O. The van der Waals surface area contributed by atoms with Crippen LogP contribution in [0.2, 0.25) is 25.7 Å². The van der Waals surface area contributed by atoms with Crippen molar-refractivity contribution < 1.29 is 14.3 Å². The maximum Gasteiger partial charge on any atom is 0.329 e. The Bertz CT molecular complexity index is 355. The standard InChI is InChI=1S/C15H30N2O3Si/c1-5-6-7-8-9-16-12-14(18)17(15(16)19)13-20-10-11-21(2,3)4/h5-13H2,1-4H3. The van der Waals surface area contributed by atoms with Gasteiger partial charge in [-0.05, 0) is 12.5 Å². The number of amides is 3. The topological polar surface area (TPSA) is 49.9 Å². The van der Waals surface area contributed by atoms with E-state index < -0.39 is 8.07 Å². The second kappa shape index (κ2) is 8.53. The Balaban J connectivity index is 2.29. The summed E-state index contributed by atoms with van der Waals surface area (Å²) in [5, 5.41) is 0. The molecule has 122 valence electrons. The Morgan fingerprint density at radius 3 is 2.48 bits per heavy atom. The van der Waals surface area contributed by atoms with Gasteiger partial charge in [0.15, 0.2) is 0 Å². The number of carbonyl (C=O) groups is 2. The van der Waals surface area contributed by atoms with Crippen LogP contribution in [-0.2, 0) is 9.53 Å². The van der Waals surface area contributed by atoms with E-state index in [-0.39, 0.29) is 25.2 Å². The number of nitrogens with zero attached hydrogens (tertiary/aromatic N) is 2. The van der Waals surface area contributed by atoms with Crippen LogP contribution >= 0.6 is 0 Å². The van der Waals surface area contributed by atoms with E-state index in [2.05, 4.69) is 26.6 Å².